The third-order valence-electron chi connectivity index (χ3n) is 3.19. The molecule has 0 unspecified atom stereocenters. The van der Waals surface area contributed by atoms with Crippen molar-refractivity contribution in [3.63, 3.8) is 0 Å². The van der Waals surface area contributed by atoms with Crippen LogP contribution in [0.5, 0.6) is 5.75 Å². The largest absolute Gasteiger partial charge is 0.496 e. The molecular weight excluding hydrogens is 274 g/mol. The lowest BCUT2D eigenvalue weighted by molar-refractivity contribution is 0.0689. The van der Waals surface area contributed by atoms with E-state index in [0.717, 1.165) is 5.56 Å². The number of aromatic carboxylic acids is 1. The first-order valence-electron chi connectivity index (χ1n) is 6.25. The smallest absolute Gasteiger partial charge is 0.358 e. The molecule has 0 radical (unpaired) electrons. The molecule has 0 amide bonds. The van der Waals surface area contributed by atoms with Crippen LogP contribution in [0.2, 0.25) is 0 Å². The summed E-state index contributed by atoms with van der Waals surface area (Å²) >= 11 is 0. The maximum absolute atomic E-state index is 11.5. The molecule has 21 heavy (non-hydrogen) atoms. The van der Waals surface area contributed by atoms with Gasteiger partial charge in [0.1, 0.15) is 5.75 Å². The molecule has 0 atom stereocenters. The minimum atomic E-state index is -1.12. The highest BCUT2D eigenvalue weighted by Crippen LogP contribution is 2.22. The number of carbonyl (C=O) groups is 2. The number of rotatable bonds is 5. The SMILES string of the molecule is COc1ccc(C(C)=O)cc1Cn1nnc(C(=O)O)c1C. The summed E-state index contributed by atoms with van der Waals surface area (Å²) in [4.78, 5) is 22.4. The molecule has 0 fully saturated rings. The molecule has 0 aliphatic heterocycles. The van der Waals surface area contributed by atoms with E-state index in [0.29, 0.717) is 17.0 Å². The summed E-state index contributed by atoms with van der Waals surface area (Å²) in [5.41, 5.74) is 1.65. The fourth-order valence-electron chi connectivity index (χ4n) is 1.99. The van der Waals surface area contributed by atoms with Gasteiger partial charge in [0, 0.05) is 11.1 Å². The van der Waals surface area contributed by atoms with Crippen LogP contribution in [-0.2, 0) is 6.54 Å². The standard InChI is InChI=1S/C14H15N3O4/c1-8-13(14(19)20)15-16-17(8)7-11-6-10(9(2)18)4-5-12(11)21-3/h4-6H,7H2,1-3H3,(H,19,20). The quantitative estimate of drug-likeness (QED) is 0.839. The van der Waals surface area contributed by atoms with Gasteiger partial charge in [0.2, 0.25) is 0 Å². The highest BCUT2D eigenvalue weighted by atomic mass is 16.5. The number of hydrogen-bond acceptors (Lipinski definition) is 5. The highest BCUT2D eigenvalue weighted by molar-refractivity contribution is 5.94. The normalized spacial score (nSPS) is 10.4. The molecule has 1 N–H and O–H groups in total. The number of benzene rings is 1. The Hall–Kier alpha value is -2.70. The lowest BCUT2D eigenvalue weighted by Gasteiger charge is -2.10. The monoisotopic (exact) mass is 289 g/mol. The minimum Gasteiger partial charge on any atom is -0.496 e. The average molecular weight is 289 g/mol. The van der Waals surface area contributed by atoms with Gasteiger partial charge in [-0.05, 0) is 32.0 Å². The van der Waals surface area contributed by atoms with E-state index in [1.54, 1.807) is 25.1 Å². The van der Waals surface area contributed by atoms with Crippen LogP contribution < -0.4 is 4.74 Å². The van der Waals surface area contributed by atoms with Gasteiger partial charge in [-0.2, -0.15) is 0 Å². The van der Waals surface area contributed by atoms with Gasteiger partial charge in [0.25, 0.3) is 0 Å². The second kappa shape index (κ2) is 5.74. The second-order valence-electron chi connectivity index (χ2n) is 4.57. The first kappa shape index (κ1) is 14.7. The number of ketones is 1. The van der Waals surface area contributed by atoms with E-state index in [1.165, 1.54) is 18.7 Å². The van der Waals surface area contributed by atoms with Gasteiger partial charge >= 0.3 is 5.97 Å². The van der Waals surface area contributed by atoms with Crippen LogP contribution in [-0.4, -0.2) is 39.0 Å². The predicted octanol–water partition coefficient (Wildman–Crippen LogP) is 1.54. The highest BCUT2D eigenvalue weighted by Gasteiger charge is 2.16. The summed E-state index contributed by atoms with van der Waals surface area (Å²) in [6.45, 7) is 3.38. The van der Waals surface area contributed by atoms with Crippen LogP contribution >= 0.6 is 0 Å². The van der Waals surface area contributed by atoms with E-state index in [1.807, 2.05) is 0 Å². The van der Waals surface area contributed by atoms with Crippen LogP contribution in [0.25, 0.3) is 0 Å². The first-order chi connectivity index (χ1) is 9.93. The maximum atomic E-state index is 11.5. The zero-order valence-corrected chi connectivity index (χ0v) is 12.0. The van der Waals surface area contributed by atoms with E-state index < -0.39 is 5.97 Å². The molecule has 1 aromatic carbocycles. The summed E-state index contributed by atoms with van der Waals surface area (Å²) in [7, 11) is 1.53. The Labute approximate surface area is 121 Å². The van der Waals surface area contributed by atoms with Crippen molar-refractivity contribution in [3.8, 4) is 5.75 Å². The molecule has 1 aromatic heterocycles. The van der Waals surface area contributed by atoms with Gasteiger partial charge in [0.15, 0.2) is 11.5 Å². The number of hydrogen-bond donors (Lipinski definition) is 1. The zero-order chi connectivity index (χ0) is 15.6. The molecule has 2 aromatic rings. The van der Waals surface area contributed by atoms with Crippen molar-refractivity contribution in [2.45, 2.75) is 20.4 Å². The number of methoxy groups -OCH3 is 1. The fourth-order valence-corrected chi connectivity index (χ4v) is 1.99. The van der Waals surface area contributed by atoms with E-state index in [9.17, 15) is 9.59 Å². The van der Waals surface area contributed by atoms with Gasteiger partial charge < -0.3 is 9.84 Å². The van der Waals surface area contributed by atoms with Crippen molar-refractivity contribution < 1.29 is 19.4 Å². The number of nitrogens with zero attached hydrogens (tertiary/aromatic N) is 3. The lowest BCUT2D eigenvalue weighted by Crippen LogP contribution is -2.08. The molecule has 0 bridgehead atoms. The number of carboxylic acids is 1. The second-order valence-corrected chi connectivity index (χ2v) is 4.57. The molecule has 0 aliphatic carbocycles. The first-order valence-corrected chi connectivity index (χ1v) is 6.25. The number of carboxylic acid groups (broad SMARTS) is 1. The van der Waals surface area contributed by atoms with Gasteiger partial charge in [-0.1, -0.05) is 5.21 Å². The van der Waals surface area contributed by atoms with Crippen molar-refractivity contribution in [1.29, 1.82) is 0 Å². The molecule has 0 saturated heterocycles. The van der Waals surface area contributed by atoms with Crippen LogP contribution in [0, 0.1) is 6.92 Å². The predicted molar refractivity (Wildman–Crippen MR) is 73.8 cm³/mol. The molecule has 0 aliphatic rings. The number of aromatic nitrogens is 3. The molecule has 7 heteroatoms. The summed E-state index contributed by atoms with van der Waals surface area (Å²) in [5, 5.41) is 16.4. The molecule has 7 nitrogen and oxygen atoms in total. The fraction of sp³-hybridized carbons (Fsp3) is 0.286. The van der Waals surface area contributed by atoms with E-state index in [2.05, 4.69) is 10.3 Å². The van der Waals surface area contributed by atoms with E-state index in [-0.39, 0.29) is 18.0 Å². The Balaban J connectivity index is 2.40. The summed E-state index contributed by atoms with van der Waals surface area (Å²) in [6.07, 6.45) is 0. The lowest BCUT2D eigenvalue weighted by atomic mass is 10.1. The van der Waals surface area contributed by atoms with Crippen molar-refractivity contribution in [3.05, 3.63) is 40.7 Å². The molecule has 0 saturated carbocycles. The maximum Gasteiger partial charge on any atom is 0.358 e. The third-order valence-corrected chi connectivity index (χ3v) is 3.19. The van der Waals surface area contributed by atoms with Gasteiger partial charge in [-0.25, -0.2) is 9.48 Å². The van der Waals surface area contributed by atoms with Gasteiger partial charge in [-0.3, -0.25) is 4.79 Å². The molecule has 0 spiro atoms. The third kappa shape index (κ3) is 2.91. The number of carbonyl (C=O) groups excluding carboxylic acids is 1. The zero-order valence-electron chi connectivity index (χ0n) is 12.0. The Morgan fingerprint density at radius 2 is 2.10 bits per heavy atom. The number of ether oxygens (including phenoxy) is 1. The van der Waals surface area contributed by atoms with Crippen molar-refractivity contribution in [2.24, 2.45) is 0 Å². The van der Waals surface area contributed by atoms with Gasteiger partial charge in [0.05, 0.1) is 19.3 Å². The summed E-state index contributed by atoms with van der Waals surface area (Å²) < 4.78 is 6.72. The summed E-state index contributed by atoms with van der Waals surface area (Å²) in [6, 6.07) is 5.10. The van der Waals surface area contributed by atoms with Crippen LogP contribution in [0.3, 0.4) is 0 Å². The van der Waals surface area contributed by atoms with Crippen molar-refractivity contribution in [1.82, 2.24) is 15.0 Å². The Kier molecular flexibility index (Phi) is 4.02. The molecular formula is C14H15N3O4. The van der Waals surface area contributed by atoms with Crippen molar-refractivity contribution in [2.75, 3.05) is 7.11 Å². The minimum absolute atomic E-state index is 0.0551. The Bertz CT molecular complexity index is 706. The van der Waals surface area contributed by atoms with Crippen LogP contribution in [0.4, 0.5) is 0 Å². The Morgan fingerprint density at radius 1 is 1.38 bits per heavy atom. The van der Waals surface area contributed by atoms with Crippen molar-refractivity contribution >= 4 is 11.8 Å². The van der Waals surface area contributed by atoms with Gasteiger partial charge in [-0.15, -0.1) is 5.10 Å². The summed E-state index contributed by atoms with van der Waals surface area (Å²) in [5.74, 6) is -0.574. The Morgan fingerprint density at radius 3 is 2.62 bits per heavy atom. The topological polar surface area (TPSA) is 94.3 Å². The average Bonchev–Trinajstić information content (AvgIpc) is 2.80. The van der Waals surface area contributed by atoms with E-state index >= 15 is 0 Å². The molecule has 2 rings (SSSR count). The van der Waals surface area contributed by atoms with E-state index in [4.69, 9.17) is 9.84 Å². The molecule has 1 heterocycles. The van der Waals surface area contributed by atoms with Crippen LogP contribution in [0.15, 0.2) is 18.2 Å². The van der Waals surface area contributed by atoms with Crippen LogP contribution in [0.1, 0.15) is 39.0 Å². The number of Topliss-reactive ketones (excluding diaryl/α,β-unsaturated/α-hetero) is 1. The molecule has 110 valence electrons.